The Morgan fingerprint density at radius 3 is 2.25 bits per heavy atom. The lowest BCUT2D eigenvalue weighted by Gasteiger charge is -2.27. The molecule has 0 amide bonds. The summed E-state index contributed by atoms with van der Waals surface area (Å²) >= 11 is 0. The van der Waals surface area contributed by atoms with Crippen LogP contribution in [0.25, 0.3) is 0 Å². The van der Waals surface area contributed by atoms with Gasteiger partial charge in [-0.3, -0.25) is 0 Å². The fraction of sp³-hybridized carbons (Fsp3) is 1.00. The summed E-state index contributed by atoms with van der Waals surface area (Å²) in [5, 5.41) is 3.48. The van der Waals surface area contributed by atoms with E-state index in [1.54, 1.807) is 7.11 Å². The number of nitrogens with zero attached hydrogens (tertiary/aromatic N) is 1. The Kier molecular flexibility index (Phi) is 8.90. The lowest BCUT2D eigenvalue weighted by atomic mass is 10.0. The third-order valence-corrected chi connectivity index (χ3v) is 3.46. The van der Waals surface area contributed by atoms with E-state index >= 15 is 0 Å². The van der Waals surface area contributed by atoms with E-state index in [2.05, 4.69) is 37.9 Å². The molecule has 0 aliphatic heterocycles. The van der Waals surface area contributed by atoms with Gasteiger partial charge in [-0.1, -0.05) is 20.8 Å². The largest absolute Gasteiger partial charge is 0.377 e. The second kappa shape index (κ2) is 8.97. The van der Waals surface area contributed by atoms with Crippen LogP contribution in [0, 0.1) is 0 Å². The zero-order chi connectivity index (χ0) is 12.4. The molecule has 0 rings (SSSR count). The Labute approximate surface area is 102 Å². The highest BCUT2D eigenvalue weighted by Crippen LogP contribution is 2.11. The summed E-state index contributed by atoms with van der Waals surface area (Å²) in [6, 6.07) is 0. The van der Waals surface area contributed by atoms with Crippen LogP contribution in [0.1, 0.15) is 40.5 Å². The van der Waals surface area contributed by atoms with Gasteiger partial charge in [-0.2, -0.15) is 0 Å². The number of nitrogens with one attached hydrogen (secondary N) is 1. The van der Waals surface area contributed by atoms with Crippen molar-refractivity contribution in [1.29, 1.82) is 0 Å². The van der Waals surface area contributed by atoms with Crippen LogP contribution in [0.15, 0.2) is 0 Å². The first kappa shape index (κ1) is 15.9. The van der Waals surface area contributed by atoms with Crippen LogP contribution in [0.4, 0.5) is 0 Å². The average molecular weight is 230 g/mol. The maximum atomic E-state index is 5.48. The van der Waals surface area contributed by atoms with Crippen molar-refractivity contribution in [3.05, 3.63) is 0 Å². The third kappa shape index (κ3) is 6.46. The Morgan fingerprint density at radius 2 is 1.81 bits per heavy atom. The van der Waals surface area contributed by atoms with Gasteiger partial charge in [0.05, 0.1) is 5.60 Å². The van der Waals surface area contributed by atoms with Crippen LogP contribution in [-0.2, 0) is 4.74 Å². The molecule has 0 aromatic rings. The van der Waals surface area contributed by atoms with Crippen LogP contribution >= 0.6 is 0 Å². The predicted octanol–water partition coefficient (Wildman–Crippen LogP) is 2.12. The van der Waals surface area contributed by atoms with Crippen molar-refractivity contribution in [2.45, 2.75) is 46.1 Å². The van der Waals surface area contributed by atoms with Crippen LogP contribution in [-0.4, -0.2) is 50.3 Å². The van der Waals surface area contributed by atoms with E-state index < -0.39 is 0 Å². The summed E-state index contributed by atoms with van der Waals surface area (Å²) in [5.74, 6) is 0. The topological polar surface area (TPSA) is 24.5 Å². The maximum absolute atomic E-state index is 5.48. The van der Waals surface area contributed by atoms with Gasteiger partial charge < -0.3 is 15.0 Å². The molecule has 0 saturated carbocycles. The molecule has 1 atom stereocenters. The predicted molar refractivity (Wildman–Crippen MR) is 71.0 cm³/mol. The van der Waals surface area contributed by atoms with Crippen LogP contribution in [0.5, 0.6) is 0 Å². The maximum Gasteiger partial charge on any atom is 0.0771 e. The quantitative estimate of drug-likeness (QED) is 0.582. The molecule has 3 heteroatoms. The Hall–Kier alpha value is -0.120. The molecule has 0 aliphatic rings. The molecule has 98 valence electrons. The fourth-order valence-electron chi connectivity index (χ4n) is 1.66. The number of ether oxygens (including phenoxy) is 1. The molecule has 0 aliphatic carbocycles. The SMILES string of the molecule is CCN(CC)CCCNCC(C)(CC)OC. The standard InChI is InChI=1S/C13H30N2O/c1-6-13(4,16-5)12-14-10-9-11-15(7-2)8-3/h14H,6-12H2,1-5H3. The lowest BCUT2D eigenvalue weighted by molar-refractivity contribution is 0.00374. The first-order valence-electron chi connectivity index (χ1n) is 6.60. The van der Waals surface area contributed by atoms with E-state index in [1.807, 2.05) is 0 Å². The van der Waals surface area contributed by atoms with Gasteiger partial charge in [0, 0.05) is 13.7 Å². The van der Waals surface area contributed by atoms with Crippen molar-refractivity contribution in [3.63, 3.8) is 0 Å². The molecule has 0 saturated heterocycles. The average Bonchev–Trinajstić information content (AvgIpc) is 2.33. The zero-order valence-electron chi connectivity index (χ0n) is 11.8. The van der Waals surface area contributed by atoms with Crippen molar-refractivity contribution < 1.29 is 4.74 Å². The van der Waals surface area contributed by atoms with Gasteiger partial charge >= 0.3 is 0 Å². The second-order valence-corrected chi connectivity index (χ2v) is 4.56. The third-order valence-electron chi connectivity index (χ3n) is 3.46. The number of hydrogen-bond donors (Lipinski definition) is 1. The molecule has 0 heterocycles. The van der Waals surface area contributed by atoms with E-state index in [1.165, 1.54) is 13.0 Å². The van der Waals surface area contributed by atoms with E-state index in [0.717, 1.165) is 32.6 Å². The lowest BCUT2D eigenvalue weighted by Crippen LogP contribution is -2.40. The van der Waals surface area contributed by atoms with Gasteiger partial charge in [-0.05, 0) is 45.9 Å². The minimum Gasteiger partial charge on any atom is -0.377 e. The molecule has 0 bridgehead atoms. The van der Waals surface area contributed by atoms with Gasteiger partial charge in [0.25, 0.3) is 0 Å². The van der Waals surface area contributed by atoms with E-state index in [-0.39, 0.29) is 5.60 Å². The van der Waals surface area contributed by atoms with Crippen molar-refractivity contribution in [3.8, 4) is 0 Å². The highest BCUT2D eigenvalue weighted by atomic mass is 16.5. The van der Waals surface area contributed by atoms with Gasteiger partial charge in [-0.25, -0.2) is 0 Å². The van der Waals surface area contributed by atoms with Crippen molar-refractivity contribution >= 4 is 0 Å². The van der Waals surface area contributed by atoms with E-state index in [4.69, 9.17) is 4.74 Å². The summed E-state index contributed by atoms with van der Waals surface area (Å²) in [7, 11) is 1.79. The molecule has 1 unspecified atom stereocenters. The first-order valence-corrected chi connectivity index (χ1v) is 6.60. The number of rotatable bonds is 10. The van der Waals surface area contributed by atoms with Gasteiger partial charge in [-0.15, -0.1) is 0 Å². The van der Waals surface area contributed by atoms with Gasteiger partial charge in [0.15, 0.2) is 0 Å². The highest BCUT2D eigenvalue weighted by Gasteiger charge is 2.19. The van der Waals surface area contributed by atoms with Crippen molar-refractivity contribution in [2.75, 3.05) is 39.8 Å². The molecule has 0 spiro atoms. The van der Waals surface area contributed by atoms with Crippen LogP contribution in [0.3, 0.4) is 0 Å². The summed E-state index contributed by atoms with van der Waals surface area (Å²) in [5.41, 5.74) is -0.00476. The summed E-state index contributed by atoms with van der Waals surface area (Å²) < 4.78 is 5.48. The molecule has 16 heavy (non-hydrogen) atoms. The molecule has 0 aromatic carbocycles. The zero-order valence-corrected chi connectivity index (χ0v) is 11.8. The fourth-order valence-corrected chi connectivity index (χ4v) is 1.66. The molecule has 1 N–H and O–H groups in total. The monoisotopic (exact) mass is 230 g/mol. The Bertz CT molecular complexity index is 154. The Morgan fingerprint density at radius 1 is 1.19 bits per heavy atom. The van der Waals surface area contributed by atoms with Crippen LogP contribution in [0.2, 0.25) is 0 Å². The molecular formula is C13H30N2O. The smallest absolute Gasteiger partial charge is 0.0771 e. The Balaban J connectivity index is 3.52. The minimum absolute atomic E-state index is 0.00476. The summed E-state index contributed by atoms with van der Waals surface area (Å²) in [6.07, 6.45) is 2.26. The van der Waals surface area contributed by atoms with Crippen LogP contribution < -0.4 is 5.32 Å². The van der Waals surface area contributed by atoms with E-state index in [0.29, 0.717) is 0 Å². The normalized spacial score (nSPS) is 15.4. The molecule has 0 fully saturated rings. The molecule has 3 nitrogen and oxygen atoms in total. The van der Waals surface area contributed by atoms with Gasteiger partial charge in [0.1, 0.15) is 0 Å². The highest BCUT2D eigenvalue weighted by molar-refractivity contribution is 4.75. The summed E-state index contributed by atoms with van der Waals surface area (Å²) in [4.78, 5) is 2.46. The minimum atomic E-state index is -0.00476. The number of hydrogen-bond acceptors (Lipinski definition) is 3. The second-order valence-electron chi connectivity index (χ2n) is 4.56. The van der Waals surface area contributed by atoms with E-state index in [9.17, 15) is 0 Å². The first-order chi connectivity index (χ1) is 7.61. The number of methoxy groups -OCH3 is 1. The molecule has 0 aromatic heterocycles. The van der Waals surface area contributed by atoms with Crippen molar-refractivity contribution in [1.82, 2.24) is 10.2 Å². The van der Waals surface area contributed by atoms with Gasteiger partial charge in [0.2, 0.25) is 0 Å². The van der Waals surface area contributed by atoms with Crippen molar-refractivity contribution in [2.24, 2.45) is 0 Å². The summed E-state index contributed by atoms with van der Waals surface area (Å²) in [6.45, 7) is 14.3. The molecular weight excluding hydrogens is 200 g/mol. The molecule has 0 radical (unpaired) electrons.